The number of hydrogen-bond acceptors (Lipinski definition) is 3. The Labute approximate surface area is 118 Å². The van der Waals surface area contributed by atoms with Gasteiger partial charge in [0, 0.05) is 0 Å². The van der Waals surface area contributed by atoms with E-state index < -0.39 is 5.54 Å². The quantitative estimate of drug-likeness (QED) is 0.792. The van der Waals surface area contributed by atoms with Crippen LogP contribution < -0.4 is 5.32 Å². The van der Waals surface area contributed by atoms with Crippen LogP contribution in [0.2, 0.25) is 0 Å². The summed E-state index contributed by atoms with van der Waals surface area (Å²) in [6.07, 6.45) is 13.3. The van der Waals surface area contributed by atoms with Crippen LogP contribution in [0.15, 0.2) is 0 Å². The lowest BCUT2D eigenvalue weighted by Gasteiger charge is -2.32. The van der Waals surface area contributed by atoms with Crippen LogP contribution in [0.1, 0.15) is 77.6 Å². The number of ether oxygens (including phenoxy) is 1. The molecule has 0 saturated heterocycles. The van der Waals surface area contributed by atoms with Crippen molar-refractivity contribution in [2.75, 3.05) is 13.7 Å². The molecule has 19 heavy (non-hydrogen) atoms. The molecule has 1 aliphatic carbocycles. The summed E-state index contributed by atoms with van der Waals surface area (Å²) in [6.45, 7) is 2.90. The molecule has 1 rings (SSSR count). The van der Waals surface area contributed by atoms with Gasteiger partial charge in [0.05, 0.1) is 7.11 Å². The Morgan fingerprint density at radius 1 is 0.947 bits per heavy atom. The zero-order chi connectivity index (χ0) is 14.0. The highest BCUT2D eigenvalue weighted by Gasteiger charge is 2.37. The van der Waals surface area contributed by atoms with Gasteiger partial charge in [-0.25, -0.2) is 0 Å². The van der Waals surface area contributed by atoms with E-state index in [4.69, 9.17) is 4.74 Å². The number of methoxy groups -OCH3 is 1. The second-order valence-electron chi connectivity index (χ2n) is 5.79. The van der Waals surface area contributed by atoms with Gasteiger partial charge in [-0.15, -0.1) is 0 Å². The summed E-state index contributed by atoms with van der Waals surface area (Å²) in [5.74, 6) is -0.0635. The summed E-state index contributed by atoms with van der Waals surface area (Å²) in [5, 5.41) is 3.43. The van der Waals surface area contributed by atoms with Crippen molar-refractivity contribution in [2.45, 2.75) is 83.1 Å². The average molecular weight is 269 g/mol. The third kappa shape index (κ3) is 5.52. The lowest BCUT2D eigenvalue weighted by Crippen LogP contribution is -2.52. The molecule has 0 heterocycles. The maximum absolute atomic E-state index is 12.2. The minimum Gasteiger partial charge on any atom is -0.468 e. The topological polar surface area (TPSA) is 38.3 Å². The van der Waals surface area contributed by atoms with Crippen LogP contribution in [0.5, 0.6) is 0 Å². The molecule has 3 heteroatoms. The van der Waals surface area contributed by atoms with Gasteiger partial charge in [-0.1, -0.05) is 64.7 Å². The van der Waals surface area contributed by atoms with Crippen molar-refractivity contribution in [1.82, 2.24) is 5.32 Å². The van der Waals surface area contributed by atoms with Crippen molar-refractivity contribution in [2.24, 2.45) is 0 Å². The van der Waals surface area contributed by atoms with Gasteiger partial charge in [0.2, 0.25) is 0 Å². The molecule has 1 N–H and O–H groups in total. The molecule has 0 bridgehead atoms. The highest BCUT2D eigenvalue weighted by molar-refractivity contribution is 5.80. The van der Waals surface area contributed by atoms with E-state index in [-0.39, 0.29) is 5.97 Å². The number of esters is 1. The molecule has 0 aliphatic heterocycles. The molecule has 0 aromatic rings. The van der Waals surface area contributed by atoms with Gasteiger partial charge in [-0.3, -0.25) is 4.79 Å². The van der Waals surface area contributed by atoms with Gasteiger partial charge in [0.15, 0.2) is 0 Å². The lowest BCUT2D eigenvalue weighted by atomic mass is 9.85. The van der Waals surface area contributed by atoms with Crippen LogP contribution in [0, 0.1) is 0 Å². The van der Waals surface area contributed by atoms with E-state index in [1.807, 2.05) is 0 Å². The van der Waals surface area contributed by atoms with Gasteiger partial charge >= 0.3 is 5.97 Å². The van der Waals surface area contributed by atoms with E-state index >= 15 is 0 Å². The molecule has 0 radical (unpaired) electrons. The first kappa shape index (κ1) is 16.5. The number of likely N-dealkylation sites (N-methyl/N-ethyl adjacent to an activating group) is 1. The third-order valence-electron chi connectivity index (χ3n) is 4.30. The maximum atomic E-state index is 12.2. The molecule has 0 spiro atoms. The van der Waals surface area contributed by atoms with Gasteiger partial charge in [0.25, 0.3) is 0 Å². The fourth-order valence-electron chi connectivity index (χ4n) is 3.20. The zero-order valence-electron chi connectivity index (χ0n) is 12.8. The van der Waals surface area contributed by atoms with Gasteiger partial charge < -0.3 is 10.1 Å². The van der Waals surface area contributed by atoms with Crippen LogP contribution in [0.25, 0.3) is 0 Å². The van der Waals surface area contributed by atoms with Crippen molar-refractivity contribution in [3.63, 3.8) is 0 Å². The van der Waals surface area contributed by atoms with E-state index in [1.54, 1.807) is 0 Å². The highest BCUT2D eigenvalue weighted by atomic mass is 16.5. The van der Waals surface area contributed by atoms with Crippen LogP contribution in [0.3, 0.4) is 0 Å². The Morgan fingerprint density at radius 3 is 1.74 bits per heavy atom. The summed E-state index contributed by atoms with van der Waals surface area (Å²) in [7, 11) is 1.51. The first-order valence-electron chi connectivity index (χ1n) is 8.08. The molecule has 0 aromatic heterocycles. The predicted octanol–water partition coefficient (Wildman–Crippen LogP) is 3.81. The average Bonchev–Trinajstić information content (AvgIpc) is 2.41. The minimum absolute atomic E-state index is 0.0635. The summed E-state index contributed by atoms with van der Waals surface area (Å²) in [4.78, 5) is 12.2. The smallest absolute Gasteiger partial charge is 0.326 e. The van der Waals surface area contributed by atoms with Gasteiger partial charge in [-0.2, -0.15) is 0 Å². The Balaban J connectivity index is 2.66. The largest absolute Gasteiger partial charge is 0.468 e. The molecular formula is C16H31NO2. The van der Waals surface area contributed by atoms with Gasteiger partial charge in [-0.05, 0) is 19.4 Å². The molecule has 0 unspecified atom stereocenters. The SMILES string of the molecule is CCNC1(C(=O)OC)CCCCCCCCCCC1. The van der Waals surface area contributed by atoms with Crippen molar-refractivity contribution in [1.29, 1.82) is 0 Å². The molecule has 0 amide bonds. The summed E-state index contributed by atoms with van der Waals surface area (Å²) in [6, 6.07) is 0. The lowest BCUT2D eigenvalue weighted by molar-refractivity contribution is -0.149. The Kier molecular flexibility index (Phi) is 8.11. The number of carbonyl (C=O) groups excluding carboxylic acids is 1. The fraction of sp³-hybridized carbons (Fsp3) is 0.938. The maximum Gasteiger partial charge on any atom is 0.326 e. The van der Waals surface area contributed by atoms with E-state index in [0.29, 0.717) is 0 Å². The Morgan fingerprint density at radius 2 is 1.37 bits per heavy atom. The van der Waals surface area contributed by atoms with Crippen LogP contribution in [0.4, 0.5) is 0 Å². The van der Waals surface area contributed by atoms with Crippen LogP contribution >= 0.6 is 0 Å². The molecule has 1 fully saturated rings. The second-order valence-corrected chi connectivity index (χ2v) is 5.79. The summed E-state index contributed by atoms with van der Waals surface area (Å²) in [5.41, 5.74) is -0.428. The normalized spacial score (nSPS) is 22.0. The minimum atomic E-state index is -0.428. The van der Waals surface area contributed by atoms with Crippen LogP contribution in [-0.4, -0.2) is 25.2 Å². The fourth-order valence-corrected chi connectivity index (χ4v) is 3.20. The van der Waals surface area contributed by atoms with Crippen molar-refractivity contribution >= 4 is 5.97 Å². The zero-order valence-corrected chi connectivity index (χ0v) is 12.8. The molecule has 1 saturated carbocycles. The molecule has 0 atom stereocenters. The number of rotatable bonds is 3. The first-order chi connectivity index (χ1) is 9.25. The summed E-state index contributed by atoms with van der Waals surface area (Å²) >= 11 is 0. The standard InChI is InChI=1S/C16H31NO2/c1-3-17-16(15(18)19-2)13-11-9-7-5-4-6-8-10-12-14-16/h17H,3-14H2,1-2H3. The second kappa shape index (κ2) is 9.35. The predicted molar refractivity (Wildman–Crippen MR) is 79.2 cm³/mol. The highest BCUT2D eigenvalue weighted by Crippen LogP contribution is 2.26. The number of carbonyl (C=O) groups is 1. The molecule has 3 nitrogen and oxygen atoms in total. The Hall–Kier alpha value is -0.570. The van der Waals surface area contributed by atoms with E-state index in [0.717, 1.165) is 32.2 Å². The monoisotopic (exact) mass is 269 g/mol. The number of nitrogens with one attached hydrogen (secondary N) is 1. The number of hydrogen-bond donors (Lipinski definition) is 1. The van der Waals surface area contributed by atoms with Crippen molar-refractivity contribution < 1.29 is 9.53 Å². The third-order valence-corrected chi connectivity index (χ3v) is 4.30. The van der Waals surface area contributed by atoms with Gasteiger partial charge in [0.1, 0.15) is 5.54 Å². The molecule has 1 aliphatic rings. The van der Waals surface area contributed by atoms with Crippen molar-refractivity contribution in [3.05, 3.63) is 0 Å². The van der Waals surface area contributed by atoms with E-state index in [2.05, 4.69) is 12.2 Å². The van der Waals surface area contributed by atoms with E-state index in [1.165, 1.54) is 52.1 Å². The van der Waals surface area contributed by atoms with Crippen molar-refractivity contribution in [3.8, 4) is 0 Å². The molecule has 112 valence electrons. The molecular weight excluding hydrogens is 238 g/mol. The van der Waals surface area contributed by atoms with E-state index in [9.17, 15) is 4.79 Å². The first-order valence-corrected chi connectivity index (χ1v) is 8.08. The molecule has 0 aromatic carbocycles. The van der Waals surface area contributed by atoms with Crippen LogP contribution in [-0.2, 0) is 9.53 Å². The Bertz CT molecular complexity index is 241. The summed E-state index contributed by atoms with van der Waals surface area (Å²) < 4.78 is 5.07.